The van der Waals surface area contributed by atoms with Gasteiger partial charge in [-0.3, -0.25) is 0 Å². The second-order valence-electron chi connectivity index (χ2n) is 10.7. The molecule has 1 saturated heterocycles. The van der Waals surface area contributed by atoms with Crippen LogP contribution in [0.5, 0.6) is 0 Å². The van der Waals surface area contributed by atoms with Crippen molar-refractivity contribution in [3.63, 3.8) is 0 Å². The number of aliphatic hydroxyl groups is 2. The zero-order valence-electron chi connectivity index (χ0n) is 19.1. The molecule has 3 aliphatic carbocycles. The lowest BCUT2D eigenvalue weighted by molar-refractivity contribution is -0.139. The zero-order chi connectivity index (χ0) is 22.3. The van der Waals surface area contributed by atoms with E-state index in [9.17, 15) is 15.0 Å². The van der Waals surface area contributed by atoms with Gasteiger partial charge in [-0.15, -0.1) is 0 Å². The van der Waals surface area contributed by atoms with E-state index in [0.29, 0.717) is 42.6 Å². The SMILES string of the molecule is C=C1C[C@@H](C[C@@H](C)[C@H]2CC[C@H]3/C(=C/C=C4\C[C@@H](O)C[C@H](O)C4=C)CCC[C@]23C)OC1=O. The molecule has 0 bridgehead atoms. The third kappa shape index (κ3) is 4.34. The molecule has 0 radical (unpaired) electrons. The van der Waals surface area contributed by atoms with Crippen LogP contribution < -0.4 is 0 Å². The van der Waals surface area contributed by atoms with Gasteiger partial charge in [0.2, 0.25) is 0 Å². The largest absolute Gasteiger partial charge is 0.459 e. The summed E-state index contributed by atoms with van der Waals surface area (Å²) in [7, 11) is 0. The summed E-state index contributed by atoms with van der Waals surface area (Å²) in [6.07, 6.45) is 11.8. The molecule has 0 aromatic heterocycles. The number of allylic oxidation sites excluding steroid dienone is 3. The van der Waals surface area contributed by atoms with Gasteiger partial charge < -0.3 is 14.9 Å². The van der Waals surface area contributed by atoms with Crippen molar-refractivity contribution in [2.24, 2.45) is 23.2 Å². The number of carbonyl (C=O) groups excluding carboxylic acids is 1. The van der Waals surface area contributed by atoms with E-state index in [-0.39, 0.29) is 17.5 Å². The minimum absolute atomic E-state index is 0.00356. The summed E-state index contributed by atoms with van der Waals surface area (Å²) in [5.74, 6) is 1.51. The lowest BCUT2D eigenvalue weighted by Crippen LogP contribution is -2.36. The monoisotopic (exact) mass is 426 g/mol. The molecule has 4 aliphatic rings. The third-order valence-electron chi connectivity index (χ3n) is 8.66. The van der Waals surface area contributed by atoms with Crippen LogP contribution in [-0.4, -0.2) is 34.5 Å². The molecule has 1 heterocycles. The van der Waals surface area contributed by atoms with Gasteiger partial charge in [-0.2, -0.15) is 0 Å². The van der Waals surface area contributed by atoms with E-state index in [0.717, 1.165) is 24.0 Å². The molecule has 0 spiro atoms. The quantitative estimate of drug-likeness (QED) is 0.489. The van der Waals surface area contributed by atoms with Gasteiger partial charge in [-0.05, 0) is 79.3 Å². The Labute approximate surface area is 186 Å². The van der Waals surface area contributed by atoms with Crippen LogP contribution in [0.1, 0.15) is 71.6 Å². The van der Waals surface area contributed by atoms with Gasteiger partial charge in [0, 0.05) is 18.4 Å². The highest BCUT2D eigenvalue weighted by molar-refractivity contribution is 5.89. The standard InChI is InChI=1S/C27H38O4/c1-16(12-22-13-17(2)26(30)31-22)23-9-10-24-19(6-5-11-27(23,24)4)7-8-20-14-21(28)15-25(29)18(20)3/h7-8,16,21-25,28-29H,2-3,5-6,9-15H2,1,4H3/b19-7+,20-8+/t16-,21-,22-,23-,24+,25+,27-/m1/s1. The van der Waals surface area contributed by atoms with Gasteiger partial charge in [0.05, 0.1) is 12.2 Å². The number of aliphatic hydroxyl groups excluding tert-OH is 2. The topological polar surface area (TPSA) is 66.8 Å². The number of rotatable bonds is 4. The molecular weight excluding hydrogens is 388 g/mol. The molecule has 4 rings (SSSR count). The highest BCUT2D eigenvalue weighted by Crippen LogP contribution is 2.60. The number of hydrogen-bond acceptors (Lipinski definition) is 4. The Hall–Kier alpha value is -1.65. The first-order valence-corrected chi connectivity index (χ1v) is 12.0. The number of carbonyl (C=O) groups is 1. The summed E-state index contributed by atoms with van der Waals surface area (Å²) in [4.78, 5) is 11.7. The minimum atomic E-state index is -0.637. The van der Waals surface area contributed by atoms with Crippen molar-refractivity contribution in [1.29, 1.82) is 0 Å². The molecule has 0 amide bonds. The molecule has 4 nitrogen and oxygen atoms in total. The highest BCUT2D eigenvalue weighted by atomic mass is 16.5. The van der Waals surface area contributed by atoms with Crippen LogP contribution in [0.25, 0.3) is 0 Å². The third-order valence-corrected chi connectivity index (χ3v) is 8.66. The normalized spacial score (nSPS) is 42.2. The molecule has 0 aromatic rings. The van der Waals surface area contributed by atoms with Crippen molar-refractivity contribution in [3.8, 4) is 0 Å². The van der Waals surface area contributed by atoms with E-state index in [2.05, 4.69) is 39.2 Å². The van der Waals surface area contributed by atoms with Crippen molar-refractivity contribution >= 4 is 5.97 Å². The molecular formula is C27H38O4. The van der Waals surface area contributed by atoms with Gasteiger partial charge in [-0.1, -0.05) is 44.7 Å². The maximum absolute atomic E-state index is 11.7. The van der Waals surface area contributed by atoms with E-state index in [1.54, 1.807) is 0 Å². The van der Waals surface area contributed by atoms with Crippen LogP contribution >= 0.6 is 0 Å². The van der Waals surface area contributed by atoms with Crippen LogP contribution in [0.15, 0.2) is 47.6 Å². The lowest BCUT2D eigenvalue weighted by Gasteiger charge is -2.44. The summed E-state index contributed by atoms with van der Waals surface area (Å²) < 4.78 is 5.52. The Kier molecular flexibility index (Phi) is 6.33. The summed E-state index contributed by atoms with van der Waals surface area (Å²) in [6, 6.07) is 0. The number of esters is 1. The van der Waals surface area contributed by atoms with Crippen molar-refractivity contribution in [2.45, 2.75) is 89.9 Å². The number of fused-ring (bicyclic) bond motifs is 1. The Balaban J connectivity index is 1.48. The molecule has 31 heavy (non-hydrogen) atoms. The Morgan fingerprint density at radius 1 is 1.23 bits per heavy atom. The van der Waals surface area contributed by atoms with E-state index in [1.165, 1.54) is 31.3 Å². The maximum Gasteiger partial charge on any atom is 0.333 e. The summed E-state index contributed by atoms with van der Waals surface area (Å²) >= 11 is 0. The van der Waals surface area contributed by atoms with Gasteiger partial charge in [0.25, 0.3) is 0 Å². The average molecular weight is 427 g/mol. The Morgan fingerprint density at radius 2 is 2.00 bits per heavy atom. The van der Waals surface area contributed by atoms with E-state index < -0.39 is 12.2 Å². The van der Waals surface area contributed by atoms with Crippen molar-refractivity contribution in [1.82, 2.24) is 0 Å². The fourth-order valence-electron chi connectivity index (χ4n) is 7.02. The van der Waals surface area contributed by atoms with Crippen LogP contribution in [-0.2, 0) is 9.53 Å². The maximum atomic E-state index is 11.7. The number of hydrogen-bond donors (Lipinski definition) is 2. The number of ether oxygens (including phenoxy) is 1. The van der Waals surface area contributed by atoms with Gasteiger partial charge in [0.1, 0.15) is 6.10 Å². The van der Waals surface area contributed by atoms with E-state index in [1.807, 2.05) is 0 Å². The van der Waals surface area contributed by atoms with E-state index >= 15 is 0 Å². The highest BCUT2D eigenvalue weighted by Gasteiger charge is 2.51. The first kappa shape index (κ1) is 22.5. The van der Waals surface area contributed by atoms with Crippen LogP contribution in [0, 0.1) is 23.2 Å². The van der Waals surface area contributed by atoms with Crippen molar-refractivity contribution < 1.29 is 19.7 Å². The Bertz CT molecular complexity index is 805. The molecule has 4 fully saturated rings. The van der Waals surface area contributed by atoms with Crippen molar-refractivity contribution in [2.75, 3.05) is 0 Å². The first-order chi connectivity index (χ1) is 14.7. The average Bonchev–Trinajstić information content (AvgIpc) is 3.22. The molecule has 7 atom stereocenters. The van der Waals surface area contributed by atoms with Gasteiger partial charge in [0.15, 0.2) is 0 Å². The predicted molar refractivity (Wildman–Crippen MR) is 122 cm³/mol. The second-order valence-corrected chi connectivity index (χ2v) is 10.7. The second kappa shape index (κ2) is 8.71. The van der Waals surface area contributed by atoms with Crippen LogP contribution in [0.3, 0.4) is 0 Å². The van der Waals surface area contributed by atoms with E-state index in [4.69, 9.17) is 4.74 Å². The zero-order valence-corrected chi connectivity index (χ0v) is 19.1. The fraction of sp³-hybridized carbons (Fsp3) is 0.667. The van der Waals surface area contributed by atoms with Gasteiger partial charge in [-0.25, -0.2) is 4.79 Å². The van der Waals surface area contributed by atoms with Gasteiger partial charge >= 0.3 is 5.97 Å². The summed E-state index contributed by atoms with van der Waals surface area (Å²) in [6.45, 7) is 12.7. The molecule has 170 valence electrons. The molecule has 4 heteroatoms. The number of cyclic esters (lactones) is 1. The van der Waals surface area contributed by atoms with Crippen LogP contribution in [0.2, 0.25) is 0 Å². The smallest absolute Gasteiger partial charge is 0.333 e. The van der Waals surface area contributed by atoms with Crippen molar-refractivity contribution in [3.05, 3.63) is 47.6 Å². The molecule has 0 aromatic carbocycles. The fourth-order valence-corrected chi connectivity index (χ4v) is 7.02. The summed E-state index contributed by atoms with van der Waals surface area (Å²) in [5.41, 5.74) is 4.15. The summed E-state index contributed by atoms with van der Waals surface area (Å²) in [5, 5.41) is 20.2. The van der Waals surface area contributed by atoms with Crippen LogP contribution in [0.4, 0.5) is 0 Å². The lowest BCUT2D eigenvalue weighted by atomic mass is 9.60. The minimum Gasteiger partial charge on any atom is -0.459 e. The molecule has 0 unspecified atom stereocenters. The molecule has 1 aliphatic heterocycles. The first-order valence-electron chi connectivity index (χ1n) is 12.0. The molecule has 3 saturated carbocycles. The predicted octanol–water partition coefficient (Wildman–Crippen LogP) is 5.03. The Morgan fingerprint density at radius 3 is 2.71 bits per heavy atom. The molecule has 2 N–H and O–H groups in total.